The maximum atomic E-state index is 2.65. The molecule has 0 nitrogen and oxygen atoms in total. The molecular formula is C28H50S. The second-order valence-electron chi connectivity index (χ2n) is 13.1. The zero-order valence-electron chi connectivity index (χ0n) is 21.8. The SMILES string of the molecule is C[SH](C)c1cc(C(C)(C)C)c(C(C)(C)C)c2c1C(C)(C)CCCCCCC2(C)C. The fourth-order valence-electron chi connectivity index (χ4n) is 5.49. The number of fused-ring (bicyclic) bond motifs is 1. The van der Waals surface area contributed by atoms with Crippen molar-refractivity contribution < 1.29 is 0 Å². The summed E-state index contributed by atoms with van der Waals surface area (Å²) in [5, 5.41) is 0. The minimum Gasteiger partial charge on any atom is -0.232 e. The Morgan fingerprint density at radius 2 is 1.14 bits per heavy atom. The smallest absolute Gasteiger partial charge is 0.00861 e. The lowest BCUT2D eigenvalue weighted by Crippen LogP contribution is -2.35. The highest BCUT2D eigenvalue weighted by atomic mass is 32.2. The van der Waals surface area contributed by atoms with Crippen molar-refractivity contribution in [3.05, 3.63) is 28.3 Å². The number of rotatable bonds is 1. The van der Waals surface area contributed by atoms with Crippen LogP contribution in [0.4, 0.5) is 0 Å². The molecule has 1 aliphatic rings. The molecule has 0 unspecified atom stereocenters. The van der Waals surface area contributed by atoms with E-state index in [1.807, 2.05) is 0 Å². The normalized spacial score (nSPS) is 20.8. The minimum absolute atomic E-state index is 0.146. The summed E-state index contributed by atoms with van der Waals surface area (Å²) in [6.45, 7) is 24.7. The van der Waals surface area contributed by atoms with Crippen LogP contribution in [-0.4, -0.2) is 12.5 Å². The lowest BCUT2D eigenvalue weighted by molar-refractivity contribution is 0.368. The zero-order chi connectivity index (χ0) is 22.4. The van der Waals surface area contributed by atoms with E-state index in [4.69, 9.17) is 0 Å². The van der Waals surface area contributed by atoms with Gasteiger partial charge in [-0.05, 0) is 80.2 Å². The molecule has 0 atom stereocenters. The predicted octanol–water partition coefficient (Wildman–Crippen LogP) is 8.81. The van der Waals surface area contributed by atoms with Gasteiger partial charge < -0.3 is 0 Å². The molecule has 0 heterocycles. The highest BCUT2D eigenvalue weighted by molar-refractivity contribution is 8.15. The topological polar surface area (TPSA) is 0 Å². The lowest BCUT2D eigenvalue weighted by atomic mass is 9.62. The van der Waals surface area contributed by atoms with Gasteiger partial charge in [0, 0.05) is 0 Å². The molecule has 0 spiro atoms. The van der Waals surface area contributed by atoms with Crippen molar-refractivity contribution in [3.8, 4) is 0 Å². The van der Waals surface area contributed by atoms with E-state index >= 15 is 0 Å². The van der Waals surface area contributed by atoms with Crippen molar-refractivity contribution >= 4 is 10.9 Å². The molecule has 0 saturated carbocycles. The molecule has 1 heteroatoms. The van der Waals surface area contributed by atoms with Gasteiger partial charge in [-0.3, -0.25) is 0 Å². The third kappa shape index (κ3) is 5.25. The van der Waals surface area contributed by atoms with Gasteiger partial charge in [-0.15, -0.1) is 0 Å². The first-order chi connectivity index (χ1) is 13.0. The Kier molecular flexibility index (Phi) is 7.07. The quantitative estimate of drug-likeness (QED) is 0.433. The van der Waals surface area contributed by atoms with Gasteiger partial charge in [0.15, 0.2) is 0 Å². The summed E-state index contributed by atoms with van der Waals surface area (Å²) >= 11 is 0. The van der Waals surface area contributed by atoms with Crippen LogP contribution in [0.5, 0.6) is 0 Å². The lowest BCUT2D eigenvalue weighted by Gasteiger charge is -2.45. The van der Waals surface area contributed by atoms with Crippen LogP contribution in [0.25, 0.3) is 0 Å². The van der Waals surface area contributed by atoms with Gasteiger partial charge in [0.2, 0.25) is 0 Å². The van der Waals surface area contributed by atoms with Crippen LogP contribution in [0.2, 0.25) is 0 Å². The molecule has 0 aliphatic heterocycles. The average Bonchev–Trinajstić information content (AvgIpc) is 2.53. The molecule has 0 N–H and O–H groups in total. The van der Waals surface area contributed by atoms with Gasteiger partial charge in [-0.1, -0.05) is 94.9 Å². The van der Waals surface area contributed by atoms with Crippen LogP contribution in [0.3, 0.4) is 0 Å². The van der Waals surface area contributed by atoms with E-state index in [1.165, 1.54) is 38.5 Å². The van der Waals surface area contributed by atoms with E-state index in [9.17, 15) is 0 Å². The zero-order valence-corrected chi connectivity index (χ0v) is 22.7. The van der Waals surface area contributed by atoms with Crippen LogP contribution in [0.15, 0.2) is 11.0 Å². The summed E-state index contributed by atoms with van der Waals surface area (Å²) in [5.74, 6) is 0. The summed E-state index contributed by atoms with van der Waals surface area (Å²) in [6.07, 6.45) is 13.1. The largest absolute Gasteiger partial charge is 0.232 e. The van der Waals surface area contributed by atoms with Crippen molar-refractivity contribution in [2.24, 2.45) is 0 Å². The Labute approximate surface area is 186 Å². The molecule has 168 valence electrons. The first kappa shape index (κ1) is 24.8. The first-order valence-corrected chi connectivity index (χ1v) is 14.1. The Hall–Kier alpha value is -0.430. The summed E-state index contributed by atoms with van der Waals surface area (Å²) in [6, 6.07) is 2.65. The van der Waals surface area contributed by atoms with Crippen LogP contribution in [0.1, 0.15) is 130 Å². The maximum absolute atomic E-state index is 2.65. The minimum atomic E-state index is -0.158. The van der Waals surface area contributed by atoms with Gasteiger partial charge in [-0.2, -0.15) is 0 Å². The molecule has 1 aliphatic carbocycles. The van der Waals surface area contributed by atoms with E-state index < -0.39 is 0 Å². The van der Waals surface area contributed by atoms with E-state index in [0.717, 1.165) is 0 Å². The highest BCUT2D eigenvalue weighted by Gasteiger charge is 2.40. The molecular weight excluding hydrogens is 368 g/mol. The van der Waals surface area contributed by atoms with Crippen LogP contribution < -0.4 is 0 Å². The molecule has 0 saturated heterocycles. The van der Waals surface area contributed by atoms with Crippen molar-refractivity contribution in [1.82, 2.24) is 0 Å². The Morgan fingerprint density at radius 1 is 0.690 bits per heavy atom. The number of thiol groups is 1. The third-order valence-electron chi connectivity index (χ3n) is 7.05. The van der Waals surface area contributed by atoms with Gasteiger partial charge in [0.25, 0.3) is 0 Å². The predicted molar refractivity (Wildman–Crippen MR) is 137 cm³/mol. The van der Waals surface area contributed by atoms with Crippen molar-refractivity contribution in [2.45, 2.75) is 134 Å². The monoisotopic (exact) mass is 418 g/mol. The van der Waals surface area contributed by atoms with E-state index in [0.29, 0.717) is 0 Å². The van der Waals surface area contributed by atoms with Crippen LogP contribution >= 0.6 is 10.9 Å². The third-order valence-corrected chi connectivity index (χ3v) is 8.37. The Balaban J connectivity index is 3.12. The van der Waals surface area contributed by atoms with Gasteiger partial charge in [0.05, 0.1) is 0 Å². The Morgan fingerprint density at radius 3 is 1.52 bits per heavy atom. The highest BCUT2D eigenvalue weighted by Crippen LogP contribution is 2.53. The molecule has 2 rings (SSSR count). The molecule has 0 aromatic heterocycles. The second-order valence-corrected chi connectivity index (χ2v) is 15.4. The van der Waals surface area contributed by atoms with Crippen molar-refractivity contribution in [3.63, 3.8) is 0 Å². The molecule has 0 amide bonds. The molecule has 1 aromatic rings. The molecule has 0 radical (unpaired) electrons. The number of hydrogen-bond acceptors (Lipinski definition) is 0. The van der Waals surface area contributed by atoms with Gasteiger partial charge >= 0.3 is 0 Å². The van der Waals surface area contributed by atoms with Crippen molar-refractivity contribution in [1.29, 1.82) is 0 Å². The van der Waals surface area contributed by atoms with Crippen molar-refractivity contribution in [2.75, 3.05) is 12.5 Å². The maximum Gasteiger partial charge on any atom is -0.00861 e. The van der Waals surface area contributed by atoms with E-state index in [2.05, 4.69) is 87.8 Å². The number of hydrogen-bond donors (Lipinski definition) is 1. The summed E-state index contributed by atoms with van der Waals surface area (Å²) in [7, 11) is -0.158. The second kappa shape index (κ2) is 8.25. The molecule has 1 aromatic carbocycles. The van der Waals surface area contributed by atoms with E-state index in [1.54, 1.807) is 27.1 Å². The van der Waals surface area contributed by atoms with Crippen LogP contribution in [-0.2, 0) is 21.7 Å². The number of benzene rings is 1. The standard InChI is InChI=1S/C28H50S/c1-25(2,3)20-19-21(29(11)12)23-24(22(20)26(4,5)6)28(9,10)18-16-14-13-15-17-27(23,7)8/h19,29H,13-18H2,1-12H3. The molecule has 0 fully saturated rings. The van der Waals surface area contributed by atoms with Gasteiger partial charge in [-0.25, -0.2) is 10.9 Å². The summed E-state index contributed by atoms with van der Waals surface area (Å²) in [4.78, 5) is 1.67. The average molecular weight is 419 g/mol. The fraction of sp³-hybridized carbons (Fsp3) is 0.786. The Bertz CT molecular complexity index is 720. The summed E-state index contributed by atoms with van der Waals surface area (Å²) in [5.41, 5.74) is 7.44. The molecule has 0 bridgehead atoms. The van der Waals surface area contributed by atoms with E-state index in [-0.39, 0.29) is 32.6 Å². The first-order valence-electron chi connectivity index (χ1n) is 11.9. The molecule has 29 heavy (non-hydrogen) atoms. The van der Waals surface area contributed by atoms with Gasteiger partial charge in [0.1, 0.15) is 0 Å². The fourth-order valence-corrected chi connectivity index (χ4v) is 6.74. The summed E-state index contributed by atoms with van der Waals surface area (Å²) < 4.78 is 0. The van der Waals surface area contributed by atoms with Crippen LogP contribution in [0, 0.1) is 0 Å².